The highest BCUT2D eigenvalue weighted by Crippen LogP contribution is 2.33. The molecular weight excluding hydrogens is 331 g/mol. The zero-order valence-corrected chi connectivity index (χ0v) is 13.5. The molecule has 0 atom stereocenters. The largest absolute Gasteiger partial charge is 0.481 e. The maximum Gasteiger partial charge on any atom is 0.416 e. The van der Waals surface area contributed by atoms with Gasteiger partial charge in [-0.2, -0.15) is 13.2 Å². The molecule has 25 heavy (non-hydrogen) atoms. The van der Waals surface area contributed by atoms with Gasteiger partial charge in [0.25, 0.3) is 0 Å². The predicted octanol–water partition coefficient (Wildman–Crippen LogP) is 4.29. The van der Waals surface area contributed by atoms with Crippen molar-refractivity contribution >= 4 is 11.7 Å². The summed E-state index contributed by atoms with van der Waals surface area (Å²) in [6, 6.07) is 11.3. The van der Waals surface area contributed by atoms with Crippen molar-refractivity contribution in [2.45, 2.75) is 32.0 Å². The summed E-state index contributed by atoms with van der Waals surface area (Å²) >= 11 is 0. The number of aryl methyl sites for hydroxylation is 1. The molecule has 0 radical (unpaired) electrons. The van der Waals surface area contributed by atoms with Crippen molar-refractivity contribution < 1.29 is 23.1 Å². The lowest BCUT2D eigenvalue weighted by Gasteiger charge is -2.31. The Morgan fingerprint density at radius 2 is 1.92 bits per heavy atom. The molecular formula is C19H18F3NO2. The Kier molecular flexibility index (Phi) is 4.70. The molecule has 1 heterocycles. The average Bonchev–Trinajstić information content (AvgIpc) is 2.58. The van der Waals surface area contributed by atoms with Crippen molar-refractivity contribution in [1.29, 1.82) is 0 Å². The van der Waals surface area contributed by atoms with Crippen molar-refractivity contribution in [1.82, 2.24) is 0 Å². The van der Waals surface area contributed by atoms with E-state index in [2.05, 4.69) is 0 Å². The first-order valence-electron chi connectivity index (χ1n) is 8.07. The zero-order valence-electron chi connectivity index (χ0n) is 13.5. The van der Waals surface area contributed by atoms with Gasteiger partial charge in [-0.3, -0.25) is 4.79 Å². The van der Waals surface area contributed by atoms with Crippen LogP contribution in [0.5, 0.6) is 0 Å². The molecule has 0 saturated heterocycles. The minimum atomic E-state index is -4.34. The number of benzene rings is 2. The Hall–Kier alpha value is -2.50. The molecule has 0 aliphatic carbocycles. The Morgan fingerprint density at radius 3 is 2.64 bits per heavy atom. The Balaban J connectivity index is 1.76. The molecule has 3 rings (SSSR count). The van der Waals surface area contributed by atoms with Crippen molar-refractivity contribution in [3.05, 3.63) is 64.7 Å². The van der Waals surface area contributed by atoms with Crippen molar-refractivity contribution in [3.63, 3.8) is 0 Å². The van der Waals surface area contributed by atoms with Gasteiger partial charge in [0.15, 0.2) is 0 Å². The van der Waals surface area contributed by atoms with Crippen LogP contribution in [-0.2, 0) is 30.4 Å². The highest BCUT2D eigenvalue weighted by molar-refractivity contribution is 5.67. The van der Waals surface area contributed by atoms with Gasteiger partial charge in [0.2, 0.25) is 0 Å². The second-order valence-electron chi connectivity index (χ2n) is 6.22. The first-order chi connectivity index (χ1) is 11.8. The van der Waals surface area contributed by atoms with Gasteiger partial charge in [-0.1, -0.05) is 24.3 Å². The van der Waals surface area contributed by atoms with Crippen molar-refractivity contribution in [2.24, 2.45) is 0 Å². The number of alkyl halides is 3. The van der Waals surface area contributed by atoms with E-state index < -0.39 is 17.7 Å². The molecule has 2 aromatic carbocycles. The standard InChI is InChI=1S/C19H18F3NO2/c20-19(21,22)16-2-1-3-17(11-16)23-9-8-14-10-13(5-7-18(24)25)4-6-15(14)12-23/h1-4,6,10-11H,5,7-9,12H2,(H,24,25). The van der Waals surface area contributed by atoms with Crippen LogP contribution in [0.25, 0.3) is 0 Å². The monoisotopic (exact) mass is 349 g/mol. The predicted molar refractivity (Wildman–Crippen MR) is 88.6 cm³/mol. The zero-order chi connectivity index (χ0) is 18.0. The van der Waals surface area contributed by atoms with Gasteiger partial charge in [-0.15, -0.1) is 0 Å². The minimum Gasteiger partial charge on any atom is -0.481 e. The van der Waals surface area contributed by atoms with Crippen LogP contribution in [0.3, 0.4) is 0 Å². The van der Waals surface area contributed by atoms with Crippen LogP contribution >= 0.6 is 0 Å². The van der Waals surface area contributed by atoms with Crippen LogP contribution in [0.1, 0.15) is 28.7 Å². The number of hydrogen-bond acceptors (Lipinski definition) is 2. The molecule has 0 amide bonds. The summed E-state index contributed by atoms with van der Waals surface area (Å²) in [5, 5.41) is 8.77. The van der Waals surface area contributed by atoms with Crippen LogP contribution in [-0.4, -0.2) is 17.6 Å². The summed E-state index contributed by atoms with van der Waals surface area (Å²) in [6.07, 6.45) is -3.04. The second kappa shape index (κ2) is 6.78. The molecule has 0 aromatic heterocycles. The summed E-state index contributed by atoms with van der Waals surface area (Å²) in [5.74, 6) is -0.826. The molecule has 1 aliphatic rings. The van der Waals surface area contributed by atoms with Gasteiger partial charge in [0.1, 0.15) is 0 Å². The molecule has 6 heteroatoms. The van der Waals surface area contributed by atoms with Gasteiger partial charge < -0.3 is 10.0 Å². The number of halogens is 3. The Morgan fingerprint density at radius 1 is 1.12 bits per heavy atom. The van der Waals surface area contributed by atoms with Gasteiger partial charge >= 0.3 is 12.1 Å². The maximum atomic E-state index is 12.9. The van der Waals surface area contributed by atoms with E-state index in [1.165, 1.54) is 12.1 Å². The fraction of sp³-hybridized carbons (Fsp3) is 0.316. The van der Waals surface area contributed by atoms with E-state index >= 15 is 0 Å². The molecule has 0 saturated carbocycles. The summed E-state index contributed by atoms with van der Waals surface area (Å²) in [5.41, 5.74) is 3.12. The Labute approximate surface area is 143 Å². The number of rotatable bonds is 4. The van der Waals surface area contributed by atoms with Crippen LogP contribution < -0.4 is 4.90 Å². The fourth-order valence-electron chi connectivity index (χ4n) is 3.11. The van der Waals surface area contributed by atoms with E-state index in [9.17, 15) is 18.0 Å². The quantitative estimate of drug-likeness (QED) is 0.895. The van der Waals surface area contributed by atoms with Crippen molar-refractivity contribution in [3.8, 4) is 0 Å². The smallest absolute Gasteiger partial charge is 0.416 e. The van der Waals surface area contributed by atoms with E-state index in [4.69, 9.17) is 5.11 Å². The first kappa shape index (κ1) is 17.3. The molecule has 3 nitrogen and oxygen atoms in total. The van der Waals surface area contributed by atoms with Gasteiger partial charge in [0, 0.05) is 25.2 Å². The number of aliphatic carboxylic acids is 1. The first-order valence-corrected chi connectivity index (χ1v) is 8.07. The van der Waals surface area contributed by atoms with Crippen LogP contribution in [0.4, 0.5) is 18.9 Å². The minimum absolute atomic E-state index is 0.0924. The lowest BCUT2D eigenvalue weighted by Crippen LogP contribution is -2.30. The number of nitrogens with zero attached hydrogens (tertiary/aromatic N) is 1. The number of carboxylic acid groups (broad SMARTS) is 1. The maximum absolute atomic E-state index is 12.9. The van der Waals surface area contributed by atoms with E-state index in [1.807, 2.05) is 23.1 Å². The lowest BCUT2D eigenvalue weighted by molar-refractivity contribution is -0.138. The topological polar surface area (TPSA) is 40.5 Å². The fourth-order valence-corrected chi connectivity index (χ4v) is 3.11. The third-order valence-corrected chi connectivity index (χ3v) is 4.45. The van der Waals surface area contributed by atoms with E-state index in [0.29, 0.717) is 25.2 Å². The molecule has 0 spiro atoms. The van der Waals surface area contributed by atoms with Gasteiger partial charge in [-0.05, 0) is 47.7 Å². The number of fused-ring (bicyclic) bond motifs is 1. The SMILES string of the molecule is O=C(O)CCc1ccc2c(c1)CCN(c1cccc(C(F)(F)F)c1)C2. The Bertz CT molecular complexity index is 786. The molecule has 0 unspecified atom stereocenters. The highest BCUT2D eigenvalue weighted by atomic mass is 19.4. The molecule has 1 aliphatic heterocycles. The third-order valence-electron chi connectivity index (χ3n) is 4.45. The number of carboxylic acids is 1. The molecule has 2 aromatic rings. The number of anilines is 1. The van der Waals surface area contributed by atoms with E-state index in [-0.39, 0.29) is 6.42 Å². The summed E-state index contributed by atoms with van der Waals surface area (Å²) < 4.78 is 38.7. The molecule has 0 bridgehead atoms. The van der Waals surface area contributed by atoms with Crippen LogP contribution in [0.15, 0.2) is 42.5 Å². The lowest BCUT2D eigenvalue weighted by atomic mass is 9.95. The van der Waals surface area contributed by atoms with Gasteiger partial charge in [-0.25, -0.2) is 0 Å². The van der Waals surface area contributed by atoms with Crippen LogP contribution in [0.2, 0.25) is 0 Å². The number of carbonyl (C=O) groups is 1. The summed E-state index contributed by atoms with van der Waals surface area (Å²) in [4.78, 5) is 12.6. The molecule has 132 valence electrons. The van der Waals surface area contributed by atoms with Crippen LogP contribution in [0, 0.1) is 0 Å². The summed E-state index contributed by atoms with van der Waals surface area (Å²) in [7, 11) is 0. The molecule has 1 N–H and O–H groups in total. The van der Waals surface area contributed by atoms with E-state index in [0.717, 1.165) is 29.2 Å². The second-order valence-corrected chi connectivity index (χ2v) is 6.22. The highest BCUT2D eigenvalue weighted by Gasteiger charge is 2.31. The number of hydrogen-bond donors (Lipinski definition) is 1. The van der Waals surface area contributed by atoms with Gasteiger partial charge in [0.05, 0.1) is 5.56 Å². The van der Waals surface area contributed by atoms with E-state index in [1.54, 1.807) is 6.07 Å². The third kappa shape index (κ3) is 4.13. The normalized spacial score (nSPS) is 14.3. The molecule has 0 fully saturated rings. The summed E-state index contributed by atoms with van der Waals surface area (Å²) in [6.45, 7) is 1.19. The average molecular weight is 349 g/mol. The van der Waals surface area contributed by atoms with Crippen molar-refractivity contribution in [2.75, 3.05) is 11.4 Å².